The van der Waals surface area contributed by atoms with E-state index in [0.29, 0.717) is 32.3 Å². The lowest BCUT2D eigenvalue weighted by atomic mass is 10.1. The maximum absolute atomic E-state index is 13.0. The zero-order valence-electron chi connectivity index (χ0n) is 23.0. The van der Waals surface area contributed by atoms with Gasteiger partial charge in [0.25, 0.3) is 0 Å². The predicted molar refractivity (Wildman–Crippen MR) is 161 cm³/mol. The molecule has 0 unspecified atom stereocenters. The Kier molecular flexibility index (Phi) is 8.60. The van der Waals surface area contributed by atoms with Gasteiger partial charge in [-0.3, -0.25) is 4.57 Å². The molecule has 3 heterocycles. The van der Waals surface area contributed by atoms with Crippen molar-refractivity contribution in [2.45, 2.75) is 31.5 Å². The summed E-state index contributed by atoms with van der Waals surface area (Å²) in [5, 5.41) is 0.974. The number of hydrogen-bond acceptors (Lipinski definition) is 10. The third-order valence-electron chi connectivity index (χ3n) is 6.91. The van der Waals surface area contributed by atoms with Crippen molar-refractivity contribution in [3.05, 3.63) is 112 Å². The molecule has 3 aromatic carbocycles. The Morgan fingerprint density at radius 3 is 2.25 bits per heavy atom. The lowest BCUT2D eigenvalue weighted by Crippen LogP contribution is -2.32. The zero-order chi connectivity index (χ0) is 30.6. The van der Waals surface area contributed by atoms with Crippen LogP contribution in [0.1, 0.15) is 38.9 Å². The number of fused-ring (bicyclic) bond motifs is 1. The predicted octanol–water partition coefficient (Wildman–Crippen LogP) is 5.66. The number of nitrogens with two attached hydrogens (primary N) is 1. The highest BCUT2D eigenvalue weighted by molar-refractivity contribution is 6.31. The monoisotopic (exact) mass is 633 g/mol. The fourth-order valence-corrected chi connectivity index (χ4v) is 4.96. The van der Waals surface area contributed by atoms with Crippen molar-refractivity contribution in [1.29, 1.82) is 0 Å². The molecule has 1 aliphatic rings. The van der Waals surface area contributed by atoms with Crippen molar-refractivity contribution in [3.8, 4) is 5.88 Å². The van der Waals surface area contributed by atoms with Gasteiger partial charge in [0.2, 0.25) is 11.8 Å². The third kappa shape index (κ3) is 6.60. The van der Waals surface area contributed by atoms with Crippen LogP contribution in [0.3, 0.4) is 0 Å². The van der Waals surface area contributed by atoms with Crippen LogP contribution in [0, 0.1) is 0 Å². The fourth-order valence-electron chi connectivity index (χ4n) is 4.71. The van der Waals surface area contributed by atoms with E-state index in [2.05, 4.69) is 15.0 Å². The van der Waals surface area contributed by atoms with Crippen LogP contribution in [-0.4, -0.2) is 50.3 Å². The van der Waals surface area contributed by atoms with Crippen molar-refractivity contribution >= 4 is 52.3 Å². The van der Waals surface area contributed by atoms with Crippen molar-refractivity contribution in [3.63, 3.8) is 0 Å². The van der Waals surface area contributed by atoms with Gasteiger partial charge in [-0.05, 0) is 54.1 Å². The van der Waals surface area contributed by atoms with Crippen molar-refractivity contribution < 1.29 is 28.5 Å². The van der Waals surface area contributed by atoms with Gasteiger partial charge in [0.1, 0.15) is 31.6 Å². The van der Waals surface area contributed by atoms with E-state index in [9.17, 15) is 9.59 Å². The molecule has 0 aliphatic carbocycles. The number of nitrogens with zero attached hydrogens (tertiary/aromatic N) is 4. The number of esters is 2. The second kappa shape index (κ2) is 12.9. The molecular formula is C31H25Cl2N5O6. The lowest BCUT2D eigenvalue weighted by Gasteiger charge is -2.19. The van der Waals surface area contributed by atoms with E-state index in [0.717, 1.165) is 5.56 Å². The van der Waals surface area contributed by atoms with E-state index in [4.69, 9.17) is 47.9 Å². The summed E-state index contributed by atoms with van der Waals surface area (Å²) < 4.78 is 25.3. The van der Waals surface area contributed by atoms with Gasteiger partial charge in [-0.2, -0.15) is 9.97 Å². The van der Waals surface area contributed by atoms with Crippen LogP contribution < -0.4 is 10.5 Å². The van der Waals surface area contributed by atoms with Gasteiger partial charge >= 0.3 is 11.9 Å². The largest absolute Gasteiger partial charge is 0.471 e. The van der Waals surface area contributed by atoms with E-state index in [1.54, 1.807) is 53.1 Å². The lowest BCUT2D eigenvalue weighted by molar-refractivity contribution is -0.0563. The first-order valence-electron chi connectivity index (χ1n) is 13.6. The Morgan fingerprint density at radius 1 is 0.909 bits per heavy atom. The normalized spacial score (nSPS) is 17.8. The Balaban J connectivity index is 1.23. The molecule has 0 radical (unpaired) electrons. The van der Waals surface area contributed by atoms with Crippen molar-refractivity contribution in [2.24, 2.45) is 0 Å². The smallest absolute Gasteiger partial charge is 0.338 e. The van der Waals surface area contributed by atoms with E-state index in [1.165, 1.54) is 6.33 Å². The molecule has 2 aromatic heterocycles. The topological polar surface area (TPSA) is 141 Å². The van der Waals surface area contributed by atoms with Gasteiger partial charge < -0.3 is 24.7 Å². The van der Waals surface area contributed by atoms with Gasteiger partial charge in [-0.25, -0.2) is 14.6 Å². The number of benzene rings is 3. The van der Waals surface area contributed by atoms with E-state index in [1.807, 2.05) is 30.3 Å². The molecule has 11 nitrogen and oxygen atoms in total. The van der Waals surface area contributed by atoms with Crippen LogP contribution in [0.5, 0.6) is 5.88 Å². The first kappa shape index (κ1) is 29.4. The van der Waals surface area contributed by atoms with E-state index in [-0.39, 0.29) is 31.5 Å². The maximum atomic E-state index is 13.0. The number of halogens is 2. The number of imidazole rings is 1. The summed E-state index contributed by atoms with van der Waals surface area (Å²) in [6, 6.07) is 22.2. The Morgan fingerprint density at radius 2 is 1.57 bits per heavy atom. The van der Waals surface area contributed by atoms with Crippen molar-refractivity contribution in [1.82, 2.24) is 19.5 Å². The average molecular weight is 634 g/mol. The molecule has 0 bridgehead atoms. The molecule has 1 aliphatic heterocycles. The number of carbonyl (C=O) groups is 2. The van der Waals surface area contributed by atoms with Gasteiger partial charge in [-0.15, -0.1) is 0 Å². The van der Waals surface area contributed by atoms with Gasteiger partial charge in [0.15, 0.2) is 11.2 Å². The molecule has 1 fully saturated rings. The molecule has 224 valence electrons. The second-order valence-electron chi connectivity index (χ2n) is 9.91. The molecule has 6 rings (SSSR count). The Bertz CT molecular complexity index is 1780. The van der Waals surface area contributed by atoms with Crippen molar-refractivity contribution in [2.75, 3.05) is 12.3 Å². The highest BCUT2D eigenvalue weighted by atomic mass is 35.5. The molecule has 0 amide bonds. The molecule has 44 heavy (non-hydrogen) atoms. The molecule has 1 saturated heterocycles. The van der Waals surface area contributed by atoms with E-state index >= 15 is 0 Å². The summed E-state index contributed by atoms with van der Waals surface area (Å²) in [7, 11) is 0. The summed E-state index contributed by atoms with van der Waals surface area (Å²) in [4.78, 5) is 38.8. The minimum absolute atomic E-state index is 0.0144. The van der Waals surface area contributed by atoms with Gasteiger partial charge in [-0.1, -0.05) is 53.5 Å². The number of ether oxygens (including phenoxy) is 4. The standard InChI is InChI=1S/C31H25Cl2N5O6/c32-21-10-6-19(7-11-21)29(39)42-16-24-23(44-30(40)20-8-12-22(33)13-9-20)14-25(43-24)38-17-35-26-27(38)36-31(34)37-28(26)41-15-18-4-2-1-3-5-18/h1-13,17,23-25H,14-16H2,(H2,34,36,37)/t23-,24+,25+/m0/s1. The zero-order valence-corrected chi connectivity index (χ0v) is 24.5. The summed E-state index contributed by atoms with van der Waals surface area (Å²) in [6.07, 6.45) is -0.556. The van der Waals surface area contributed by atoms with E-state index < -0.39 is 30.4 Å². The second-order valence-corrected chi connectivity index (χ2v) is 10.8. The van der Waals surface area contributed by atoms with Gasteiger partial charge in [0, 0.05) is 16.5 Å². The molecule has 13 heteroatoms. The molecule has 3 atom stereocenters. The number of carbonyl (C=O) groups excluding carboxylic acids is 2. The number of hydrogen-bond donors (Lipinski definition) is 1. The summed E-state index contributed by atoms with van der Waals surface area (Å²) in [6.45, 7) is 0.0642. The summed E-state index contributed by atoms with van der Waals surface area (Å²) in [5.74, 6) is -0.958. The number of rotatable bonds is 9. The Labute approximate surface area is 261 Å². The third-order valence-corrected chi connectivity index (χ3v) is 7.42. The SMILES string of the molecule is Nc1nc(OCc2ccccc2)c2ncn([C@H]3C[C@H](OC(=O)c4ccc(Cl)cc4)[C@@H](COC(=O)c4ccc(Cl)cc4)O3)c2n1. The minimum Gasteiger partial charge on any atom is -0.471 e. The number of nitrogen functional groups attached to an aromatic ring is 1. The summed E-state index contributed by atoms with van der Waals surface area (Å²) >= 11 is 11.9. The molecule has 0 spiro atoms. The first-order valence-corrected chi connectivity index (χ1v) is 14.3. The number of aromatic nitrogens is 4. The molecule has 5 aromatic rings. The number of anilines is 1. The molecule has 0 saturated carbocycles. The van der Waals surface area contributed by atoms with Crippen LogP contribution in [-0.2, 0) is 20.8 Å². The highest BCUT2D eigenvalue weighted by Gasteiger charge is 2.41. The maximum Gasteiger partial charge on any atom is 0.338 e. The summed E-state index contributed by atoms with van der Waals surface area (Å²) in [5.41, 5.74) is 8.35. The molecule has 2 N–H and O–H groups in total. The van der Waals surface area contributed by atoms with Crippen LogP contribution in [0.4, 0.5) is 5.95 Å². The van der Waals surface area contributed by atoms with Crippen LogP contribution in [0.15, 0.2) is 85.2 Å². The van der Waals surface area contributed by atoms with Crippen LogP contribution in [0.25, 0.3) is 11.2 Å². The minimum atomic E-state index is -0.807. The van der Waals surface area contributed by atoms with Crippen LogP contribution >= 0.6 is 23.2 Å². The first-order chi connectivity index (χ1) is 21.3. The van der Waals surface area contributed by atoms with Crippen LogP contribution in [0.2, 0.25) is 10.0 Å². The fraction of sp³-hybridized carbons (Fsp3) is 0.194. The molecular weight excluding hydrogens is 609 g/mol. The Hall–Kier alpha value is -4.71. The quantitative estimate of drug-likeness (QED) is 0.202. The average Bonchev–Trinajstić information content (AvgIpc) is 3.63. The highest BCUT2D eigenvalue weighted by Crippen LogP contribution is 2.35. The van der Waals surface area contributed by atoms with Gasteiger partial charge in [0.05, 0.1) is 17.5 Å².